The Morgan fingerprint density at radius 3 is 2.91 bits per heavy atom. The fourth-order valence-electron chi connectivity index (χ4n) is 2.85. The van der Waals surface area contributed by atoms with E-state index in [0.717, 1.165) is 0 Å². The minimum atomic E-state index is -3.10. The van der Waals surface area contributed by atoms with Crippen molar-refractivity contribution in [2.24, 2.45) is 0 Å². The Balaban J connectivity index is 1.80. The quantitative estimate of drug-likeness (QED) is 0.912. The molecule has 1 amide bonds. The monoisotopic (exact) mass is 322 g/mol. The summed E-state index contributed by atoms with van der Waals surface area (Å²) in [5.74, 6) is -0.207. The van der Waals surface area contributed by atoms with Gasteiger partial charge >= 0.3 is 0 Å². The average molecular weight is 322 g/mol. The summed E-state index contributed by atoms with van der Waals surface area (Å²) >= 11 is 0. The molecular weight excluding hydrogens is 304 g/mol. The van der Waals surface area contributed by atoms with Crippen molar-refractivity contribution in [1.29, 1.82) is 0 Å². The average Bonchev–Trinajstić information content (AvgIpc) is 2.91. The lowest BCUT2D eigenvalue weighted by Gasteiger charge is -2.35. The Morgan fingerprint density at radius 1 is 1.41 bits per heavy atom. The number of sulfone groups is 1. The second kappa shape index (κ2) is 5.08. The number of hydrogen-bond donors (Lipinski definition) is 1. The maximum Gasteiger partial charge on any atom is 0.270 e. The minimum Gasteiger partial charge on any atom is -0.464 e. The summed E-state index contributed by atoms with van der Waals surface area (Å²) in [6, 6.07) is 3.23. The van der Waals surface area contributed by atoms with Crippen LogP contribution in [0.3, 0.4) is 0 Å². The van der Waals surface area contributed by atoms with Crippen molar-refractivity contribution in [3.8, 4) is 0 Å². The predicted molar refractivity (Wildman–Crippen MR) is 82.4 cm³/mol. The Bertz CT molecular complexity index is 823. The molecule has 3 rings (SSSR count). The van der Waals surface area contributed by atoms with Crippen molar-refractivity contribution in [3.05, 3.63) is 30.3 Å². The number of rotatable bonds is 2. The lowest BCUT2D eigenvalue weighted by Crippen LogP contribution is -2.49. The van der Waals surface area contributed by atoms with E-state index >= 15 is 0 Å². The molecule has 118 valence electrons. The molecule has 2 aromatic heterocycles. The van der Waals surface area contributed by atoms with Crippen molar-refractivity contribution in [2.75, 3.05) is 5.75 Å². The topological polar surface area (TPSA) is 89.3 Å². The van der Waals surface area contributed by atoms with E-state index in [9.17, 15) is 13.2 Å². The molecule has 0 radical (unpaired) electrons. The summed E-state index contributed by atoms with van der Waals surface area (Å²) in [6.45, 7) is 3.41. The van der Waals surface area contributed by atoms with Gasteiger partial charge in [0, 0.05) is 12.2 Å². The lowest BCUT2D eigenvalue weighted by molar-refractivity contribution is 0.0927. The van der Waals surface area contributed by atoms with Gasteiger partial charge in [-0.25, -0.2) is 8.42 Å². The van der Waals surface area contributed by atoms with Crippen LogP contribution in [-0.2, 0) is 9.84 Å². The van der Waals surface area contributed by atoms with Crippen LogP contribution < -0.4 is 5.32 Å². The Hall–Kier alpha value is -1.89. The Labute approximate surface area is 128 Å². The van der Waals surface area contributed by atoms with Gasteiger partial charge in [0.2, 0.25) is 0 Å². The highest BCUT2D eigenvalue weighted by molar-refractivity contribution is 7.92. The van der Waals surface area contributed by atoms with E-state index in [1.807, 2.05) is 0 Å². The molecule has 1 atom stereocenters. The van der Waals surface area contributed by atoms with Crippen LogP contribution in [0.1, 0.15) is 37.2 Å². The van der Waals surface area contributed by atoms with Crippen LogP contribution in [0.25, 0.3) is 11.0 Å². The van der Waals surface area contributed by atoms with Gasteiger partial charge < -0.3 is 9.73 Å². The second-order valence-corrected chi connectivity index (χ2v) is 8.98. The van der Waals surface area contributed by atoms with Crippen LogP contribution in [0.4, 0.5) is 0 Å². The van der Waals surface area contributed by atoms with Crippen LogP contribution in [0.15, 0.2) is 29.0 Å². The van der Waals surface area contributed by atoms with Crippen LogP contribution >= 0.6 is 0 Å². The van der Waals surface area contributed by atoms with Crippen molar-refractivity contribution in [1.82, 2.24) is 10.3 Å². The molecule has 0 bridgehead atoms. The lowest BCUT2D eigenvalue weighted by atomic mass is 9.99. The molecule has 0 aliphatic carbocycles. The molecule has 0 spiro atoms. The zero-order chi connectivity index (χ0) is 16.0. The van der Waals surface area contributed by atoms with Gasteiger partial charge in [-0.15, -0.1) is 0 Å². The molecule has 1 N–H and O–H groups in total. The third kappa shape index (κ3) is 2.49. The molecule has 6 nitrogen and oxygen atoms in total. The minimum absolute atomic E-state index is 0.0916. The number of carbonyl (C=O) groups excluding carboxylic acids is 1. The molecule has 3 heterocycles. The zero-order valence-corrected chi connectivity index (χ0v) is 13.3. The van der Waals surface area contributed by atoms with Gasteiger partial charge in [0.25, 0.3) is 5.91 Å². The number of furan rings is 1. The first-order chi connectivity index (χ1) is 10.3. The van der Waals surface area contributed by atoms with Gasteiger partial charge in [-0.05, 0) is 38.8 Å². The van der Waals surface area contributed by atoms with Crippen LogP contribution in [0.2, 0.25) is 0 Å². The first-order valence-electron chi connectivity index (χ1n) is 7.15. The molecule has 22 heavy (non-hydrogen) atoms. The first kappa shape index (κ1) is 15.0. The van der Waals surface area contributed by atoms with Gasteiger partial charge in [-0.2, -0.15) is 0 Å². The van der Waals surface area contributed by atoms with Crippen LogP contribution in [0, 0.1) is 0 Å². The summed E-state index contributed by atoms with van der Waals surface area (Å²) in [6.07, 6.45) is 3.87. The van der Waals surface area contributed by atoms with E-state index in [1.54, 1.807) is 26.0 Å². The second-order valence-electron chi connectivity index (χ2n) is 6.23. The maximum atomic E-state index is 12.4. The molecular formula is C15H18N2O4S. The normalized spacial score (nSPS) is 23.3. The number of hydrogen-bond acceptors (Lipinski definition) is 5. The summed E-state index contributed by atoms with van der Waals surface area (Å²) in [5.41, 5.74) is 0.907. The molecule has 2 aromatic rings. The standard InChI is InChI=1S/C15H18N2O4S/c1-15(2)9-10(5-8-22(15,19)20)17-14(18)13-11-4-7-21-12(11)3-6-16-13/h3-4,6-7,10H,5,8-9H2,1-2H3,(H,17,18). The highest BCUT2D eigenvalue weighted by Crippen LogP contribution is 2.30. The number of fused-ring (bicyclic) bond motifs is 1. The van der Waals surface area contributed by atoms with Gasteiger partial charge in [0.1, 0.15) is 11.3 Å². The fraction of sp³-hybridized carbons (Fsp3) is 0.467. The van der Waals surface area contributed by atoms with E-state index in [2.05, 4.69) is 10.3 Å². The third-order valence-electron chi connectivity index (χ3n) is 4.25. The number of pyridine rings is 1. The van der Waals surface area contributed by atoms with E-state index in [1.165, 1.54) is 12.5 Å². The smallest absolute Gasteiger partial charge is 0.270 e. The number of carbonyl (C=O) groups is 1. The molecule has 1 aliphatic heterocycles. The molecule has 7 heteroatoms. The maximum absolute atomic E-state index is 12.4. The van der Waals surface area contributed by atoms with E-state index in [4.69, 9.17) is 4.42 Å². The summed E-state index contributed by atoms with van der Waals surface area (Å²) < 4.78 is 28.5. The zero-order valence-electron chi connectivity index (χ0n) is 12.5. The largest absolute Gasteiger partial charge is 0.464 e. The molecule has 1 unspecified atom stereocenters. The number of nitrogens with one attached hydrogen (secondary N) is 1. The Morgan fingerprint density at radius 2 is 2.18 bits per heavy atom. The molecule has 1 saturated heterocycles. The van der Waals surface area contributed by atoms with Crippen molar-refractivity contribution < 1.29 is 17.6 Å². The summed E-state index contributed by atoms with van der Waals surface area (Å²) in [5, 5.41) is 3.56. The van der Waals surface area contributed by atoms with Gasteiger partial charge in [0.15, 0.2) is 9.84 Å². The third-order valence-corrected chi connectivity index (χ3v) is 6.87. The molecule has 0 aromatic carbocycles. The van der Waals surface area contributed by atoms with E-state index in [-0.39, 0.29) is 17.7 Å². The molecule has 1 aliphatic rings. The SMILES string of the molecule is CC1(C)CC(NC(=O)c2nccc3occc23)CCS1(=O)=O. The predicted octanol–water partition coefficient (Wildman–Crippen LogP) is 1.91. The van der Waals surface area contributed by atoms with Crippen molar-refractivity contribution in [2.45, 2.75) is 37.5 Å². The molecule has 1 fully saturated rings. The van der Waals surface area contributed by atoms with Crippen molar-refractivity contribution >= 4 is 26.7 Å². The summed E-state index contributed by atoms with van der Waals surface area (Å²) in [7, 11) is -3.10. The number of nitrogens with zero attached hydrogens (tertiary/aromatic N) is 1. The van der Waals surface area contributed by atoms with Gasteiger partial charge in [-0.1, -0.05) is 0 Å². The van der Waals surface area contributed by atoms with Gasteiger partial charge in [0.05, 0.1) is 22.1 Å². The van der Waals surface area contributed by atoms with E-state index < -0.39 is 14.6 Å². The van der Waals surface area contributed by atoms with Crippen molar-refractivity contribution in [3.63, 3.8) is 0 Å². The Kier molecular flexibility index (Phi) is 3.47. The first-order valence-corrected chi connectivity index (χ1v) is 8.81. The number of aromatic nitrogens is 1. The highest BCUT2D eigenvalue weighted by atomic mass is 32.2. The highest BCUT2D eigenvalue weighted by Gasteiger charge is 2.41. The number of amides is 1. The fourth-order valence-corrected chi connectivity index (χ4v) is 4.45. The molecule has 0 saturated carbocycles. The van der Waals surface area contributed by atoms with Crippen LogP contribution in [0.5, 0.6) is 0 Å². The van der Waals surface area contributed by atoms with E-state index in [0.29, 0.717) is 29.5 Å². The van der Waals surface area contributed by atoms with Crippen LogP contribution in [-0.4, -0.2) is 35.9 Å². The summed E-state index contributed by atoms with van der Waals surface area (Å²) in [4.78, 5) is 16.6. The van der Waals surface area contributed by atoms with Gasteiger partial charge in [-0.3, -0.25) is 9.78 Å².